The van der Waals surface area contributed by atoms with Crippen molar-refractivity contribution >= 4 is 35.2 Å². The summed E-state index contributed by atoms with van der Waals surface area (Å²) in [6, 6.07) is 6.05. The number of thioether (sulfide) groups is 1. The maximum atomic E-state index is 14.0. The summed E-state index contributed by atoms with van der Waals surface area (Å²) < 4.78 is 4.83. The van der Waals surface area contributed by atoms with E-state index in [4.69, 9.17) is 4.74 Å². The average Bonchev–Trinajstić information content (AvgIpc) is 3.49. The predicted octanol–water partition coefficient (Wildman–Crippen LogP) is 3.05. The minimum atomic E-state index is -0.690. The third kappa shape index (κ3) is 4.60. The number of benzene rings is 1. The van der Waals surface area contributed by atoms with Gasteiger partial charge in [0.25, 0.3) is 0 Å². The van der Waals surface area contributed by atoms with Gasteiger partial charge in [-0.2, -0.15) is 0 Å². The Kier molecular flexibility index (Phi) is 8.19. The molecule has 2 bridgehead atoms. The first-order valence-electron chi connectivity index (χ1n) is 13.2. The Morgan fingerprint density at radius 3 is 2.56 bits per heavy atom. The summed E-state index contributed by atoms with van der Waals surface area (Å²) in [6.45, 7) is 8.78. The Hall–Kier alpha value is -2.26. The number of hydrogen-bond donors (Lipinski definition) is 3. The first-order chi connectivity index (χ1) is 17.3. The van der Waals surface area contributed by atoms with Crippen molar-refractivity contribution in [1.82, 2.24) is 10.2 Å². The van der Waals surface area contributed by atoms with Gasteiger partial charge < -0.3 is 25.4 Å². The van der Waals surface area contributed by atoms with Crippen LogP contribution in [-0.2, 0) is 14.4 Å². The molecule has 8 nitrogen and oxygen atoms in total. The van der Waals surface area contributed by atoms with Gasteiger partial charge in [-0.05, 0) is 56.4 Å². The van der Waals surface area contributed by atoms with Crippen LogP contribution in [0.25, 0.3) is 0 Å². The summed E-state index contributed by atoms with van der Waals surface area (Å²) in [4.78, 5) is 42.8. The lowest BCUT2D eigenvalue weighted by Gasteiger charge is -2.38. The number of ether oxygens (including phenoxy) is 1. The molecule has 3 fully saturated rings. The van der Waals surface area contributed by atoms with E-state index < -0.39 is 28.7 Å². The minimum Gasteiger partial charge on any atom is -0.494 e. The smallest absolute Gasteiger partial charge is 0.244 e. The number of aliphatic hydroxyl groups excluding tert-OH is 1. The van der Waals surface area contributed by atoms with E-state index in [0.29, 0.717) is 25.3 Å². The zero-order valence-electron chi connectivity index (χ0n) is 21.7. The Morgan fingerprint density at radius 2 is 1.94 bits per heavy atom. The molecule has 3 N–H and O–H groups in total. The number of nitrogens with zero attached hydrogens (tertiary/aromatic N) is 1. The van der Waals surface area contributed by atoms with Gasteiger partial charge in [-0.15, -0.1) is 11.8 Å². The molecule has 2 unspecified atom stereocenters. The zero-order valence-corrected chi connectivity index (χ0v) is 22.5. The van der Waals surface area contributed by atoms with Crippen molar-refractivity contribution in [2.45, 2.75) is 75.5 Å². The van der Waals surface area contributed by atoms with Crippen LogP contribution >= 0.6 is 11.8 Å². The Labute approximate surface area is 217 Å². The Bertz CT molecular complexity index is 971. The van der Waals surface area contributed by atoms with Gasteiger partial charge in [0.2, 0.25) is 17.7 Å². The number of anilines is 1. The van der Waals surface area contributed by atoms with Crippen LogP contribution in [0.1, 0.15) is 53.4 Å². The molecule has 3 heterocycles. The number of rotatable bonds is 11. The van der Waals surface area contributed by atoms with Gasteiger partial charge in [0, 0.05) is 17.5 Å². The molecule has 6 atom stereocenters. The fraction of sp³-hybridized carbons (Fsp3) is 0.667. The van der Waals surface area contributed by atoms with E-state index in [1.807, 2.05) is 32.9 Å². The van der Waals surface area contributed by atoms with E-state index in [1.54, 1.807) is 28.8 Å². The van der Waals surface area contributed by atoms with Gasteiger partial charge in [-0.1, -0.05) is 27.2 Å². The number of nitrogens with one attached hydrogen (secondary N) is 2. The molecule has 36 heavy (non-hydrogen) atoms. The quantitative estimate of drug-likeness (QED) is 0.390. The number of fused-ring (bicyclic) bond motifs is 1. The van der Waals surface area contributed by atoms with Crippen molar-refractivity contribution in [3.05, 3.63) is 24.3 Å². The van der Waals surface area contributed by atoms with Crippen LogP contribution in [-0.4, -0.2) is 69.6 Å². The molecule has 4 rings (SSSR count). The number of amides is 3. The SMILES string of the molecule is CCCCNC(=O)C1N([C@@H](CO)C(C)C)C(=O)[C@@H]2[C@H](C(=O)Nc3ccc(OCC)cc3)[C@@H]3CCC12S3. The van der Waals surface area contributed by atoms with Gasteiger partial charge in [0.1, 0.15) is 11.8 Å². The molecular weight excluding hydrogens is 478 g/mol. The number of carbonyl (C=O) groups excluding carboxylic acids is 3. The van der Waals surface area contributed by atoms with E-state index in [-0.39, 0.29) is 35.5 Å². The molecule has 1 aromatic carbocycles. The maximum Gasteiger partial charge on any atom is 0.244 e. The highest BCUT2D eigenvalue weighted by Gasteiger charge is 2.74. The highest BCUT2D eigenvalue weighted by Crippen LogP contribution is 2.66. The second-order valence-electron chi connectivity index (χ2n) is 10.4. The molecule has 0 aliphatic carbocycles. The summed E-state index contributed by atoms with van der Waals surface area (Å²) in [7, 11) is 0. The average molecular weight is 518 g/mol. The number of likely N-dealkylation sites (tertiary alicyclic amines) is 1. The molecule has 9 heteroatoms. The first kappa shape index (κ1) is 26.8. The molecule has 198 valence electrons. The largest absolute Gasteiger partial charge is 0.494 e. The predicted molar refractivity (Wildman–Crippen MR) is 141 cm³/mol. The van der Waals surface area contributed by atoms with Crippen LogP contribution < -0.4 is 15.4 Å². The lowest BCUT2D eigenvalue weighted by molar-refractivity contribution is -0.143. The highest BCUT2D eigenvalue weighted by atomic mass is 32.2. The van der Waals surface area contributed by atoms with Crippen LogP contribution in [0, 0.1) is 17.8 Å². The molecule has 0 saturated carbocycles. The standard InChI is InChI=1S/C27H39N3O5S/c1-5-7-14-28-25(33)23-27-13-12-20(36-27)21(22(27)26(34)30(23)19(15-31)16(3)4)24(32)29-17-8-10-18(11-9-17)35-6-2/h8-11,16,19-23,31H,5-7,12-15H2,1-4H3,(H,28,33)(H,29,32)/t19-,20-,21+,22-,23?,27?/m0/s1. The molecule has 3 saturated heterocycles. The summed E-state index contributed by atoms with van der Waals surface area (Å²) in [5.74, 6) is -0.942. The number of carbonyl (C=O) groups is 3. The molecule has 3 aliphatic rings. The van der Waals surface area contributed by atoms with E-state index >= 15 is 0 Å². The molecule has 1 aromatic rings. The number of unbranched alkanes of at least 4 members (excludes halogenated alkanes) is 1. The Morgan fingerprint density at radius 1 is 1.22 bits per heavy atom. The fourth-order valence-electron chi connectivity index (χ4n) is 6.18. The van der Waals surface area contributed by atoms with Crippen LogP contribution in [0.2, 0.25) is 0 Å². The van der Waals surface area contributed by atoms with Gasteiger partial charge in [0.15, 0.2) is 0 Å². The van der Waals surface area contributed by atoms with E-state index in [9.17, 15) is 19.5 Å². The Balaban J connectivity index is 1.63. The molecule has 0 aromatic heterocycles. The summed E-state index contributed by atoms with van der Waals surface area (Å²) >= 11 is 1.64. The highest BCUT2D eigenvalue weighted by molar-refractivity contribution is 8.02. The van der Waals surface area contributed by atoms with Crippen LogP contribution in [0.5, 0.6) is 5.75 Å². The molecule has 3 aliphatic heterocycles. The van der Waals surface area contributed by atoms with Crippen molar-refractivity contribution in [2.24, 2.45) is 17.8 Å². The topological polar surface area (TPSA) is 108 Å². The molecule has 1 spiro atoms. The van der Waals surface area contributed by atoms with Gasteiger partial charge >= 0.3 is 0 Å². The lowest BCUT2D eigenvalue weighted by atomic mass is 9.70. The minimum absolute atomic E-state index is 0.0126. The van der Waals surface area contributed by atoms with E-state index in [1.165, 1.54) is 0 Å². The summed E-state index contributed by atoms with van der Waals surface area (Å²) in [5, 5.41) is 16.3. The second-order valence-corrected chi connectivity index (χ2v) is 12.0. The van der Waals surface area contributed by atoms with Gasteiger partial charge in [-0.25, -0.2) is 0 Å². The lowest BCUT2D eigenvalue weighted by Crippen LogP contribution is -2.57. The normalized spacial score (nSPS) is 29.4. The molecular formula is C27H39N3O5S. The van der Waals surface area contributed by atoms with Crippen molar-refractivity contribution in [3.8, 4) is 5.75 Å². The monoisotopic (exact) mass is 517 g/mol. The molecule has 0 radical (unpaired) electrons. The van der Waals surface area contributed by atoms with Crippen LogP contribution in [0.3, 0.4) is 0 Å². The fourth-order valence-corrected chi connectivity index (χ4v) is 8.39. The first-order valence-corrected chi connectivity index (χ1v) is 14.1. The third-order valence-electron chi connectivity index (χ3n) is 7.87. The summed E-state index contributed by atoms with van der Waals surface area (Å²) in [6.07, 6.45) is 3.31. The zero-order chi connectivity index (χ0) is 26.0. The summed E-state index contributed by atoms with van der Waals surface area (Å²) in [5.41, 5.74) is 0.650. The van der Waals surface area contributed by atoms with Gasteiger partial charge in [0.05, 0.1) is 35.8 Å². The second kappa shape index (κ2) is 11.0. The van der Waals surface area contributed by atoms with Crippen molar-refractivity contribution in [1.29, 1.82) is 0 Å². The number of hydrogen-bond acceptors (Lipinski definition) is 6. The third-order valence-corrected chi connectivity index (χ3v) is 9.82. The molecule has 3 amide bonds. The van der Waals surface area contributed by atoms with Crippen molar-refractivity contribution in [3.63, 3.8) is 0 Å². The maximum absolute atomic E-state index is 14.0. The van der Waals surface area contributed by atoms with Crippen LogP contribution in [0.15, 0.2) is 24.3 Å². The number of aliphatic hydroxyl groups is 1. The van der Waals surface area contributed by atoms with Crippen molar-refractivity contribution < 1.29 is 24.2 Å². The van der Waals surface area contributed by atoms with Gasteiger partial charge in [-0.3, -0.25) is 14.4 Å². The van der Waals surface area contributed by atoms with E-state index in [2.05, 4.69) is 17.6 Å². The van der Waals surface area contributed by atoms with Crippen LogP contribution in [0.4, 0.5) is 5.69 Å². The van der Waals surface area contributed by atoms with Crippen molar-refractivity contribution in [2.75, 3.05) is 25.1 Å². The van der Waals surface area contributed by atoms with E-state index in [0.717, 1.165) is 25.0 Å².